The van der Waals surface area contributed by atoms with Crippen molar-refractivity contribution in [2.45, 2.75) is 0 Å². The smallest absolute Gasteiger partial charge is 0.258 e. The average molecular weight is 301 g/mol. The second kappa shape index (κ2) is 5.72. The second-order valence-electron chi connectivity index (χ2n) is 4.13. The Balaban J connectivity index is 1.77. The summed E-state index contributed by atoms with van der Waals surface area (Å²) < 4.78 is 5.09. The molecule has 3 aromatic rings. The van der Waals surface area contributed by atoms with Gasteiger partial charge in [-0.1, -0.05) is 11.6 Å². The Morgan fingerprint density at radius 2 is 2.00 bits per heavy atom. The van der Waals surface area contributed by atoms with Crippen molar-refractivity contribution in [1.29, 1.82) is 0 Å². The van der Waals surface area contributed by atoms with Crippen molar-refractivity contribution in [2.75, 3.05) is 5.32 Å². The van der Waals surface area contributed by atoms with E-state index in [-0.39, 0.29) is 5.91 Å². The first kappa shape index (κ1) is 13.3. The Morgan fingerprint density at radius 3 is 2.67 bits per heavy atom. The number of hydrogen-bond donors (Lipinski definition) is 1. The predicted molar refractivity (Wildman–Crippen MR) is 76.9 cm³/mol. The molecular formula is C14H9ClN4O2. The number of nitrogens with one attached hydrogen (secondary N) is 1. The largest absolute Gasteiger partial charge is 0.423 e. The van der Waals surface area contributed by atoms with E-state index in [0.29, 0.717) is 22.2 Å². The minimum atomic E-state index is -0.321. The second-order valence-corrected chi connectivity index (χ2v) is 4.54. The fourth-order valence-corrected chi connectivity index (χ4v) is 1.93. The number of carbonyl (C=O) groups is 1. The van der Waals surface area contributed by atoms with E-state index in [2.05, 4.69) is 20.5 Å². The molecule has 0 saturated carbocycles. The molecule has 6 nitrogen and oxygen atoms in total. The van der Waals surface area contributed by atoms with Gasteiger partial charge >= 0.3 is 0 Å². The molecule has 0 spiro atoms. The lowest BCUT2D eigenvalue weighted by atomic mass is 10.2. The zero-order valence-corrected chi connectivity index (χ0v) is 11.4. The van der Waals surface area contributed by atoms with E-state index in [1.54, 1.807) is 30.3 Å². The number of halogens is 1. The standard InChI is InChI=1S/C14H9ClN4O2/c15-12-5-6-16-7-11(12)13(20)18-10-3-1-9(2-4-10)14-19-17-8-21-14/h1-8H,(H,18,20). The van der Waals surface area contributed by atoms with Crippen molar-refractivity contribution < 1.29 is 9.21 Å². The molecule has 0 bridgehead atoms. The van der Waals surface area contributed by atoms with Crippen molar-refractivity contribution >= 4 is 23.2 Å². The van der Waals surface area contributed by atoms with Crippen molar-refractivity contribution in [1.82, 2.24) is 15.2 Å². The van der Waals surface area contributed by atoms with Crippen LogP contribution in [0.3, 0.4) is 0 Å². The van der Waals surface area contributed by atoms with E-state index >= 15 is 0 Å². The van der Waals surface area contributed by atoms with Crippen LogP contribution in [0.2, 0.25) is 5.02 Å². The van der Waals surface area contributed by atoms with Crippen LogP contribution in [0.25, 0.3) is 11.5 Å². The minimum Gasteiger partial charge on any atom is -0.423 e. The summed E-state index contributed by atoms with van der Waals surface area (Å²) in [4.78, 5) is 16.0. The number of rotatable bonds is 3. The van der Waals surface area contributed by atoms with Gasteiger partial charge in [0.1, 0.15) is 0 Å². The highest BCUT2D eigenvalue weighted by molar-refractivity contribution is 6.34. The van der Waals surface area contributed by atoms with Gasteiger partial charge in [-0.05, 0) is 30.3 Å². The monoisotopic (exact) mass is 300 g/mol. The lowest BCUT2D eigenvalue weighted by Crippen LogP contribution is -2.12. The maximum absolute atomic E-state index is 12.1. The third-order valence-electron chi connectivity index (χ3n) is 2.76. The maximum atomic E-state index is 12.1. The zero-order valence-electron chi connectivity index (χ0n) is 10.7. The number of hydrogen-bond acceptors (Lipinski definition) is 5. The van der Waals surface area contributed by atoms with E-state index in [9.17, 15) is 4.79 Å². The number of carbonyl (C=O) groups excluding carboxylic acids is 1. The van der Waals surface area contributed by atoms with Crippen LogP contribution in [-0.2, 0) is 0 Å². The minimum absolute atomic E-state index is 0.320. The van der Waals surface area contributed by atoms with Crippen molar-refractivity contribution in [3.8, 4) is 11.5 Å². The molecule has 0 saturated heterocycles. The molecule has 2 heterocycles. The highest BCUT2D eigenvalue weighted by Crippen LogP contribution is 2.20. The van der Waals surface area contributed by atoms with Crippen LogP contribution in [0.5, 0.6) is 0 Å². The van der Waals surface area contributed by atoms with Gasteiger partial charge in [0.05, 0.1) is 10.6 Å². The molecule has 104 valence electrons. The lowest BCUT2D eigenvalue weighted by molar-refractivity contribution is 0.102. The first-order chi connectivity index (χ1) is 10.2. The molecule has 0 atom stereocenters. The summed E-state index contributed by atoms with van der Waals surface area (Å²) in [5.74, 6) is 0.0989. The Hall–Kier alpha value is -2.73. The number of pyridine rings is 1. The first-order valence-corrected chi connectivity index (χ1v) is 6.39. The molecule has 1 amide bonds. The van der Waals surface area contributed by atoms with Gasteiger partial charge in [0.15, 0.2) is 0 Å². The van der Waals surface area contributed by atoms with Crippen molar-refractivity contribution in [3.63, 3.8) is 0 Å². The molecule has 0 aliphatic rings. The van der Waals surface area contributed by atoms with Crippen molar-refractivity contribution in [2.24, 2.45) is 0 Å². The van der Waals surface area contributed by atoms with Gasteiger partial charge in [-0.15, -0.1) is 10.2 Å². The molecule has 1 N–H and O–H groups in total. The molecule has 0 radical (unpaired) electrons. The molecule has 7 heteroatoms. The summed E-state index contributed by atoms with van der Waals surface area (Å²) in [6.45, 7) is 0. The Bertz CT molecular complexity index is 757. The predicted octanol–water partition coefficient (Wildman–Crippen LogP) is 3.04. The summed E-state index contributed by atoms with van der Waals surface area (Å²) in [5.41, 5.74) is 1.72. The molecule has 1 aromatic carbocycles. The highest BCUT2D eigenvalue weighted by atomic mass is 35.5. The number of benzene rings is 1. The van der Waals surface area contributed by atoms with Crippen LogP contribution >= 0.6 is 11.6 Å². The van der Waals surface area contributed by atoms with Crippen LogP contribution in [0.15, 0.2) is 53.5 Å². The van der Waals surface area contributed by atoms with E-state index < -0.39 is 0 Å². The fourth-order valence-electron chi connectivity index (χ4n) is 1.74. The topological polar surface area (TPSA) is 80.9 Å². The molecule has 3 rings (SSSR count). The van der Waals surface area contributed by atoms with Crippen LogP contribution in [0, 0.1) is 0 Å². The van der Waals surface area contributed by atoms with Crippen LogP contribution in [0.1, 0.15) is 10.4 Å². The quantitative estimate of drug-likeness (QED) is 0.804. The Kier molecular flexibility index (Phi) is 3.61. The van der Waals surface area contributed by atoms with Crippen molar-refractivity contribution in [3.05, 3.63) is 59.7 Å². The molecule has 0 unspecified atom stereocenters. The normalized spacial score (nSPS) is 10.3. The maximum Gasteiger partial charge on any atom is 0.258 e. The molecule has 2 aromatic heterocycles. The average Bonchev–Trinajstić information content (AvgIpc) is 3.02. The van der Waals surface area contributed by atoms with E-state index in [4.69, 9.17) is 16.0 Å². The van der Waals surface area contributed by atoms with E-state index in [0.717, 1.165) is 5.56 Å². The Labute approximate surface area is 124 Å². The first-order valence-electron chi connectivity index (χ1n) is 6.01. The third-order valence-corrected chi connectivity index (χ3v) is 3.09. The molecule has 0 aliphatic carbocycles. The zero-order chi connectivity index (χ0) is 14.7. The molecule has 0 fully saturated rings. The van der Waals surface area contributed by atoms with Gasteiger partial charge in [-0.2, -0.15) is 0 Å². The van der Waals surface area contributed by atoms with Gasteiger partial charge < -0.3 is 9.73 Å². The van der Waals surface area contributed by atoms with Gasteiger partial charge in [0, 0.05) is 23.6 Å². The van der Waals surface area contributed by atoms with Gasteiger partial charge in [0.2, 0.25) is 12.3 Å². The van der Waals surface area contributed by atoms with Gasteiger partial charge in [0.25, 0.3) is 5.91 Å². The number of aromatic nitrogens is 3. The van der Waals surface area contributed by atoms with Crippen LogP contribution < -0.4 is 5.32 Å². The molecular weight excluding hydrogens is 292 g/mol. The van der Waals surface area contributed by atoms with Crippen LogP contribution in [-0.4, -0.2) is 21.1 Å². The van der Waals surface area contributed by atoms with Gasteiger partial charge in [-0.3, -0.25) is 9.78 Å². The number of anilines is 1. The highest BCUT2D eigenvalue weighted by Gasteiger charge is 2.11. The Morgan fingerprint density at radius 1 is 1.19 bits per heavy atom. The van der Waals surface area contributed by atoms with Crippen LogP contribution in [0.4, 0.5) is 5.69 Å². The van der Waals surface area contributed by atoms with E-state index in [1.165, 1.54) is 18.8 Å². The summed E-state index contributed by atoms with van der Waals surface area (Å²) in [6.07, 6.45) is 4.21. The number of amides is 1. The number of nitrogens with zero attached hydrogens (tertiary/aromatic N) is 3. The SMILES string of the molecule is O=C(Nc1ccc(-c2nnco2)cc1)c1cnccc1Cl. The van der Waals surface area contributed by atoms with Gasteiger partial charge in [-0.25, -0.2) is 0 Å². The third kappa shape index (κ3) is 2.90. The molecule has 21 heavy (non-hydrogen) atoms. The summed E-state index contributed by atoms with van der Waals surface area (Å²) in [5, 5.41) is 10.5. The summed E-state index contributed by atoms with van der Waals surface area (Å²) in [6, 6.07) is 8.58. The van der Waals surface area contributed by atoms with E-state index in [1.807, 2.05) is 0 Å². The molecule has 0 aliphatic heterocycles. The fraction of sp³-hybridized carbons (Fsp3) is 0. The summed E-state index contributed by atoms with van der Waals surface area (Å²) >= 11 is 5.95. The summed E-state index contributed by atoms with van der Waals surface area (Å²) in [7, 11) is 0. The lowest BCUT2D eigenvalue weighted by Gasteiger charge is -2.06.